The number of carbonyl (C=O) groups excluding carboxylic acids is 2. The highest BCUT2D eigenvalue weighted by Crippen LogP contribution is 2.13. The molecule has 0 saturated carbocycles. The van der Waals surface area contributed by atoms with E-state index in [2.05, 4.69) is 5.32 Å². The number of carbonyl (C=O) groups is 2. The van der Waals surface area contributed by atoms with Gasteiger partial charge in [0.2, 0.25) is 0 Å². The van der Waals surface area contributed by atoms with Gasteiger partial charge < -0.3 is 10.2 Å². The highest BCUT2D eigenvalue weighted by Gasteiger charge is 2.18. The van der Waals surface area contributed by atoms with Crippen molar-refractivity contribution in [1.29, 1.82) is 0 Å². The molecule has 130 valence electrons. The molecule has 5 heteroatoms. The Morgan fingerprint density at radius 3 is 2.16 bits per heavy atom. The minimum Gasteiger partial charge on any atom is -0.338 e. The van der Waals surface area contributed by atoms with Crippen LogP contribution in [-0.2, 0) is 4.79 Å². The molecule has 2 amide bonds. The molecule has 0 atom stereocenters. The fourth-order valence-corrected chi connectivity index (χ4v) is 2.47. The van der Waals surface area contributed by atoms with E-state index in [4.69, 9.17) is 11.6 Å². The molecule has 0 unspecified atom stereocenters. The maximum absolute atomic E-state index is 12.8. The summed E-state index contributed by atoms with van der Waals surface area (Å²) in [4.78, 5) is 26.9. The van der Waals surface area contributed by atoms with E-state index in [0.717, 1.165) is 5.56 Å². The summed E-state index contributed by atoms with van der Waals surface area (Å²) in [5, 5.41) is 3.36. The Balaban J connectivity index is 2.33. The van der Waals surface area contributed by atoms with Crippen LogP contribution in [0.5, 0.6) is 0 Å². The van der Waals surface area contributed by atoms with Crippen molar-refractivity contribution in [3.8, 4) is 0 Å². The molecule has 0 spiro atoms. The molecule has 0 radical (unpaired) electrons. The average molecular weight is 357 g/mol. The first kappa shape index (κ1) is 18.7. The van der Waals surface area contributed by atoms with Crippen molar-refractivity contribution >= 4 is 29.5 Å². The SMILES string of the molecule is CCN(CC)C(=O)C(=Cc1ccc(Cl)cc1)NC(=O)c1ccccc1. The van der Waals surface area contributed by atoms with E-state index in [1.54, 1.807) is 59.5 Å². The van der Waals surface area contributed by atoms with E-state index < -0.39 is 0 Å². The van der Waals surface area contributed by atoms with Crippen molar-refractivity contribution in [1.82, 2.24) is 10.2 Å². The second kappa shape index (κ2) is 9.04. The molecular formula is C20H21ClN2O2. The van der Waals surface area contributed by atoms with Crippen molar-refractivity contribution in [2.75, 3.05) is 13.1 Å². The van der Waals surface area contributed by atoms with Gasteiger partial charge in [0, 0.05) is 23.7 Å². The number of hydrogen-bond donors (Lipinski definition) is 1. The standard InChI is InChI=1S/C20H21ClN2O2/c1-3-23(4-2)20(25)18(14-15-10-12-17(21)13-11-15)22-19(24)16-8-6-5-7-9-16/h5-14H,3-4H2,1-2H3,(H,22,24). The largest absolute Gasteiger partial charge is 0.338 e. The van der Waals surface area contributed by atoms with Crippen molar-refractivity contribution in [2.24, 2.45) is 0 Å². The molecule has 2 aromatic rings. The number of likely N-dealkylation sites (N-methyl/N-ethyl adjacent to an activating group) is 1. The Morgan fingerprint density at radius 2 is 1.60 bits per heavy atom. The predicted molar refractivity (Wildman–Crippen MR) is 101 cm³/mol. The van der Waals surface area contributed by atoms with Gasteiger partial charge >= 0.3 is 0 Å². The Labute approximate surface area is 153 Å². The molecule has 0 saturated heterocycles. The molecular weight excluding hydrogens is 336 g/mol. The van der Waals surface area contributed by atoms with Crippen LogP contribution in [-0.4, -0.2) is 29.8 Å². The third-order valence-electron chi connectivity index (χ3n) is 3.75. The van der Waals surface area contributed by atoms with Crippen LogP contribution in [0.1, 0.15) is 29.8 Å². The summed E-state index contributed by atoms with van der Waals surface area (Å²) in [6.07, 6.45) is 1.66. The first-order valence-electron chi connectivity index (χ1n) is 8.18. The molecule has 25 heavy (non-hydrogen) atoms. The number of halogens is 1. The molecule has 4 nitrogen and oxygen atoms in total. The molecule has 0 aromatic heterocycles. The Hall–Kier alpha value is -2.59. The zero-order valence-electron chi connectivity index (χ0n) is 14.3. The minimum atomic E-state index is -0.318. The van der Waals surface area contributed by atoms with Crippen LogP contribution in [0.15, 0.2) is 60.3 Å². The molecule has 1 N–H and O–H groups in total. The lowest BCUT2D eigenvalue weighted by Gasteiger charge is -2.21. The van der Waals surface area contributed by atoms with E-state index in [0.29, 0.717) is 23.7 Å². The van der Waals surface area contributed by atoms with Gasteiger partial charge in [-0.25, -0.2) is 0 Å². The normalized spacial score (nSPS) is 11.1. The highest BCUT2D eigenvalue weighted by atomic mass is 35.5. The van der Waals surface area contributed by atoms with Crippen molar-refractivity contribution in [3.05, 3.63) is 76.4 Å². The van der Waals surface area contributed by atoms with Gasteiger partial charge in [0.15, 0.2) is 0 Å². The Kier molecular flexibility index (Phi) is 6.78. The van der Waals surface area contributed by atoms with Crippen LogP contribution in [0.3, 0.4) is 0 Å². The molecule has 0 aliphatic rings. The number of amides is 2. The molecule has 2 aromatic carbocycles. The van der Waals surface area contributed by atoms with Crippen LogP contribution in [0.25, 0.3) is 6.08 Å². The minimum absolute atomic E-state index is 0.218. The first-order valence-corrected chi connectivity index (χ1v) is 8.55. The van der Waals surface area contributed by atoms with Gasteiger partial charge in [-0.3, -0.25) is 9.59 Å². The second-order valence-corrected chi connectivity index (χ2v) is 5.84. The van der Waals surface area contributed by atoms with Crippen LogP contribution in [0, 0.1) is 0 Å². The van der Waals surface area contributed by atoms with Crippen LogP contribution in [0.4, 0.5) is 0 Å². The smallest absolute Gasteiger partial charge is 0.270 e. The fourth-order valence-electron chi connectivity index (χ4n) is 2.34. The van der Waals surface area contributed by atoms with Gasteiger partial charge in [-0.15, -0.1) is 0 Å². The van der Waals surface area contributed by atoms with Gasteiger partial charge in [-0.05, 0) is 49.8 Å². The lowest BCUT2D eigenvalue weighted by Crippen LogP contribution is -2.38. The lowest BCUT2D eigenvalue weighted by molar-refractivity contribution is -0.127. The Morgan fingerprint density at radius 1 is 1.00 bits per heavy atom. The summed E-state index contributed by atoms with van der Waals surface area (Å²) < 4.78 is 0. The quantitative estimate of drug-likeness (QED) is 0.796. The highest BCUT2D eigenvalue weighted by molar-refractivity contribution is 6.30. The van der Waals surface area contributed by atoms with Crippen LogP contribution in [0.2, 0.25) is 5.02 Å². The zero-order valence-corrected chi connectivity index (χ0v) is 15.1. The fraction of sp³-hybridized carbons (Fsp3) is 0.200. The van der Waals surface area contributed by atoms with E-state index in [9.17, 15) is 9.59 Å². The van der Waals surface area contributed by atoms with Gasteiger partial charge in [-0.1, -0.05) is 41.9 Å². The lowest BCUT2D eigenvalue weighted by atomic mass is 10.1. The van der Waals surface area contributed by atoms with Crippen LogP contribution < -0.4 is 5.32 Å². The van der Waals surface area contributed by atoms with Gasteiger partial charge in [-0.2, -0.15) is 0 Å². The second-order valence-electron chi connectivity index (χ2n) is 5.41. The number of rotatable bonds is 6. The maximum Gasteiger partial charge on any atom is 0.270 e. The van der Waals surface area contributed by atoms with Crippen LogP contribution >= 0.6 is 11.6 Å². The van der Waals surface area contributed by atoms with Crippen molar-refractivity contribution < 1.29 is 9.59 Å². The monoisotopic (exact) mass is 356 g/mol. The maximum atomic E-state index is 12.8. The molecule has 0 fully saturated rings. The number of nitrogens with one attached hydrogen (secondary N) is 1. The molecule has 2 rings (SSSR count). The van der Waals surface area contributed by atoms with Gasteiger partial charge in [0.1, 0.15) is 5.70 Å². The van der Waals surface area contributed by atoms with E-state index in [1.165, 1.54) is 0 Å². The molecule has 0 heterocycles. The number of hydrogen-bond acceptors (Lipinski definition) is 2. The third kappa shape index (κ3) is 5.19. The summed E-state index contributed by atoms with van der Waals surface area (Å²) in [5.41, 5.74) is 1.52. The summed E-state index contributed by atoms with van der Waals surface area (Å²) in [7, 11) is 0. The molecule has 0 aliphatic carbocycles. The van der Waals surface area contributed by atoms with Gasteiger partial charge in [0.05, 0.1) is 0 Å². The molecule has 0 bridgehead atoms. The van der Waals surface area contributed by atoms with Crippen molar-refractivity contribution in [3.63, 3.8) is 0 Å². The predicted octanol–water partition coefficient (Wildman–Crippen LogP) is 3.98. The number of benzene rings is 2. The summed E-state index contributed by atoms with van der Waals surface area (Å²) in [6, 6.07) is 15.9. The first-order chi connectivity index (χ1) is 12.0. The zero-order chi connectivity index (χ0) is 18.2. The summed E-state index contributed by atoms with van der Waals surface area (Å²) in [5.74, 6) is -0.537. The number of nitrogens with zero attached hydrogens (tertiary/aromatic N) is 1. The van der Waals surface area contributed by atoms with E-state index in [-0.39, 0.29) is 17.5 Å². The summed E-state index contributed by atoms with van der Waals surface area (Å²) >= 11 is 5.90. The van der Waals surface area contributed by atoms with E-state index in [1.807, 2.05) is 19.9 Å². The van der Waals surface area contributed by atoms with Crippen molar-refractivity contribution in [2.45, 2.75) is 13.8 Å². The Bertz CT molecular complexity index is 751. The summed E-state index contributed by atoms with van der Waals surface area (Å²) in [6.45, 7) is 4.93. The average Bonchev–Trinajstić information content (AvgIpc) is 2.64. The third-order valence-corrected chi connectivity index (χ3v) is 4.00. The van der Waals surface area contributed by atoms with E-state index >= 15 is 0 Å². The molecule has 0 aliphatic heterocycles. The van der Waals surface area contributed by atoms with Gasteiger partial charge in [0.25, 0.3) is 11.8 Å². The topological polar surface area (TPSA) is 49.4 Å².